The van der Waals surface area contributed by atoms with Gasteiger partial charge in [0, 0.05) is 18.5 Å². The number of para-hydroxylation sites is 1. The third-order valence-electron chi connectivity index (χ3n) is 4.41. The van der Waals surface area contributed by atoms with Crippen molar-refractivity contribution in [3.8, 4) is 0 Å². The third kappa shape index (κ3) is 3.25. The predicted octanol–water partition coefficient (Wildman–Crippen LogP) is 2.08. The monoisotopic (exact) mass is 341 g/mol. The van der Waals surface area contributed by atoms with E-state index in [1.165, 1.54) is 0 Å². The number of hydrogen-bond donors (Lipinski definition) is 1. The number of amides is 1. The van der Waals surface area contributed by atoms with Gasteiger partial charge >= 0.3 is 0 Å². The summed E-state index contributed by atoms with van der Waals surface area (Å²) in [7, 11) is 0. The quantitative estimate of drug-likeness (QED) is 0.780. The fourth-order valence-electron chi connectivity index (χ4n) is 3.09. The molecule has 1 N–H and O–H groups in total. The minimum absolute atomic E-state index is 0.0385. The molecule has 8 heteroatoms. The van der Waals surface area contributed by atoms with E-state index in [1.54, 1.807) is 6.92 Å². The molecule has 2 aromatic heterocycles. The highest BCUT2D eigenvalue weighted by atomic mass is 16.5. The summed E-state index contributed by atoms with van der Waals surface area (Å²) in [4.78, 5) is 18.7. The number of nitrogens with one attached hydrogen (secondary N) is 1. The minimum atomic E-state index is -0.0385. The van der Waals surface area contributed by atoms with Gasteiger partial charge in [0.2, 0.25) is 0 Å². The molecule has 3 heterocycles. The molecule has 1 aliphatic heterocycles. The van der Waals surface area contributed by atoms with Crippen LogP contribution in [0.4, 0.5) is 0 Å². The Morgan fingerprint density at radius 2 is 2.16 bits per heavy atom. The molecular formula is C17H19N5O3. The van der Waals surface area contributed by atoms with Crippen molar-refractivity contribution in [1.82, 2.24) is 25.2 Å². The molecule has 8 nitrogen and oxygen atoms in total. The number of nitrogens with zero attached hydrogens (tertiary/aromatic N) is 4. The molecule has 0 bridgehead atoms. The lowest BCUT2D eigenvalue weighted by molar-refractivity contribution is -0.00984. The van der Waals surface area contributed by atoms with Gasteiger partial charge in [-0.15, -0.1) is 0 Å². The van der Waals surface area contributed by atoms with Crippen LogP contribution in [0.5, 0.6) is 0 Å². The second kappa shape index (κ2) is 6.64. The fourth-order valence-corrected chi connectivity index (χ4v) is 3.09. The number of aromatic amines is 1. The van der Waals surface area contributed by atoms with Crippen LogP contribution in [0.2, 0.25) is 0 Å². The summed E-state index contributed by atoms with van der Waals surface area (Å²) >= 11 is 0. The third-order valence-corrected chi connectivity index (χ3v) is 4.41. The number of hydrogen-bond acceptors (Lipinski definition) is 6. The van der Waals surface area contributed by atoms with Crippen LogP contribution in [-0.2, 0) is 11.3 Å². The van der Waals surface area contributed by atoms with Crippen molar-refractivity contribution in [2.45, 2.75) is 32.5 Å². The smallest absolute Gasteiger partial charge is 0.274 e. The van der Waals surface area contributed by atoms with Crippen molar-refractivity contribution in [3.05, 3.63) is 41.7 Å². The summed E-state index contributed by atoms with van der Waals surface area (Å²) in [6.07, 6.45) is 1.65. The number of H-pyrrole nitrogens is 1. The van der Waals surface area contributed by atoms with Crippen LogP contribution in [0.1, 0.15) is 35.0 Å². The predicted molar refractivity (Wildman–Crippen MR) is 88.8 cm³/mol. The molecule has 0 radical (unpaired) electrons. The maximum atomic E-state index is 12.7. The highest BCUT2D eigenvalue weighted by molar-refractivity contribution is 6.04. The summed E-state index contributed by atoms with van der Waals surface area (Å²) in [6.45, 7) is 3.38. The van der Waals surface area contributed by atoms with Crippen molar-refractivity contribution in [2.75, 3.05) is 13.1 Å². The standard InChI is InChI=1S/C17H19N5O3/c1-11-18-15(25-21-11)10-24-12-6-8-22(9-7-12)17(23)16-13-4-2-3-5-14(13)19-20-16/h2-5,12H,6-10H2,1H3,(H,19,20). The second-order valence-electron chi connectivity index (χ2n) is 6.16. The SMILES string of the molecule is Cc1noc(COC2CCN(C(=O)c3n[nH]c4ccccc34)CC2)n1. The van der Waals surface area contributed by atoms with Gasteiger partial charge in [-0.3, -0.25) is 9.89 Å². The molecule has 1 saturated heterocycles. The van der Waals surface area contributed by atoms with Gasteiger partial charge in [-0.05, 0) is 25.8 Å². The molecule has 130 valence electrons. The second-order valence-corrected chi connectivity index (χ2v) is 6.16. The van der Waals surface area contributed by atoms with Crippen molar-refractivity contribution in [1.29, 1.82) is 0 Å². The number of likely N-dealkylation sites (tertiary alicyclic amines) is 1. The molecule has 25 heavy (non-hydrogen) atoms. The molecule has 3 aromatic rings. The van der Waals surface area contributed by atoms with E-state index in [2.05, 4.69) is 20.3 Å². The average Bonchev–Trinajstić information content (AvgIpc) is 3.26. The van der Waals surface area contributed by atoms with Crippen LogP contribution in [-0.4, -0.2) is 50.3 Å². The first-order chi connectivity index (χ1) is 12.2. The minimum Gasteiger partial charge on any atom is -0.368 e. The Balaban J connectivity index is 1.34. The Morgan fingerprint density at radius 3 is 2.92 bits per heavy atom. The molecule has 0 atom stereocenters. The number of aryl methyl sites for hydroxylation is 1. The van der Waals surface area contributed by atoms with E-state index in [0.29, 0.717) is 37.1 Å². The average molecular weight is 341 g/mol. The van der Waals surface area contributed by atoms with Gasteiger partial charge in [0.05, 0.1) is 11.6 Å². The highest BCUT2D eigenvalue weighted by Crippen LogP contribution is 2.21. The van der Waals surface area contributed by atoms with Crippen LogP contribution in [0.15, 0.2) is 28.8 Å². The summed E-state index contributed by atoms with van der Waals surface area (Å²) in [5.74, 6) is 1.05. The lowest BCUT2D eigenvalue weighted by atomic mass is 10.1. The topological polar surface area (TPSA) is 97.1 Å². The van der Waals surface area contributed by atoms with Gasteiger partial charge in [-0.1, -0.05) is 23.4 Å². The number of carbonyl (C=O) groups excluding carboxylic acids is 1. The van der Waals surface area contributed by atoms with Crippen LogP contribution in [0.3, 0.4) is 0 Å². The lowest BCUT2D eigenvalue weighted by Crippen LogP contribution is -2.41. The Bertz CT molecular complexity index is 879. The maximum Gasteiger partial charge on any atom is 0.274 e. The summed E-state index contributed by atoms with van der Waals surface area (Å²) in [5.41, 5.74) is 1.36. The molecule has 0 aliphatic carbocycles. The fraction of sp³-hybridized carbons (Fsp3) is 0.412. The van der Waals surface area contributed by atoms with Crippen LogP contribution < -0.4 is 0 Å². The number of aromatic nitrogens is 4. The highest BCUT2D eigenvalue weighted by Gasteiger charge is 2.26. The Kier molecular flexibility index (Phi) is 4.19. The zero-order chi connectivity index (χ0) is 17.2. The number of rotatable bonds is 4. The Morgan fingerprint density at radius 1 is 1.36 bits per heavy atom. The first-order valence-electron chi connectivity index (χ1n) is 8.34. The number of piperidine rings is 1. The van der Waals surface area contributed by atoms with E-state index in [4.69, 9.17) is 9.26 Å². The number of carbonyl (C=O) groups is 1. The van der Waals surface area contributed by atoms with Gasteiger partial charge in [-0.2, -0.15) is 10.1 Å². The molecule has 1 aromatic carbocycles. The molecule has 0 unspecified atom stereocenters. The van der Waals surface area contributed by atoms with E-state index < -0.39 is 0 Å². The number of benzene rings is 1. The van der Waals surface area contributed by atoms with Crippen molar-refractivity contribution < 1.29 is 14.1 Å². The van der Waals surface area contributed by atoms with Crippen LogP contribution in [0.25, 0.3) is 10.9 Å². The van der Waals surface area contributed by atoms with E-state index in [1.807, 2.05) is 29.2 Å². The van der Waals surface area contributed by atoms with Gasteiger partial charge in [-0.25, -0.2) is 0 Å². The maximum absolute atomic E-state index is 12.7. The van der Waals surface area contributed by atoms with E-state index >= 15 is 0 Å². The van der Waals surface area contributed by atoms with Crippen molar-refractivity contribution >= 4 is 16.8 Å². The summed E-state index contributed by atoms with van der Waals surface area (Å²) in [5, 5.41) is 11.7. The van der Waals surface area contributed by atoms with Crippen molar-refractivity contribution in [2.24, 2.45) is 0 Å². The van der Waals surface area contributed by atoms with E-state index in [0.717, 1.165) is 23.7 Å². The van der Waals surface area contributed by atoms with Crippen LogP contribution in [0, 0.1) is 6.92 Å². The molecule has 1 amide bonds. The Hall–Kier alpha value is -2.74. The summed E-state index contributed by atoms with van der Waals surface area (Å²) < 4.78 is 10.9. The van der Waals surface area contributed by atoms with Gasteiger partial charge in [0.15, 0.2) is 11.5 Å². The molecule has 4 rings (SSSR count). The van der Waals surface area contributed by atoms with Gasteiger partial charge < -0.3 is 14.2 Å². The van der Waals surface area contributed by atoms with Gasteiger partial charge in [0.25, 0.3) is 11.8 Å². The van der Waals surface area contributed by atoms with Crippen LogP contribution >= 0.6 is 0 Å². The first kappa shape index (κ1) is 15.8. The molecular weight excluding hydrogens is 322 g/mol. The Labute approximate surface area is 144 Å². The normalized spacial score (nSPS) is 15.8. The zero-order valence-electron chi connectivity index (χ0n) is 13.9. The number of fused-ring (bicyclic) bond motifs is 1. The summed E-state index contributed by atoms with van der Waals surface area (Å²) in [6, 6.07) is 7.66. The first-order valence-corrected chi connectivity index (χ1v) is 8.34. The largest absolute Gasteiger partial charge is 0.368 e. The lowest BCUT2D eigenvalue weighted by Gasteiger charge is -2.31. The zero-order valence-corrected chi connectivity index (χ0v) is 13.9. The van der Waals surface area contributed by atoms with E-state index in [-0.39, 0.29) is 12.0 Å². The van der Waals surface area contributed by atoms with Crippen molar-refractivity contribution in [3.63, 3.8) is 0 Å². The molecule has 0 saturated carbocycles. The van der Waals surface area contributed by atoms with E-state index in [9.17, 15) is 4.79 Å². The molecule has 1 fully saturated rings. The molecule has 0 spiro atoms. The number of ether oxygens (including phenoxy) is 1. The van der Waals surface area contributed by atoms with Gasteiger partial charge in [0.1, 0.15) is 6.61 Å². The molecule has 1 aliphatic rings.